The van der Waals surface area contributed by atoms with Crippen LogP contribution < -0.4 is 14.4 Å². The van der Waals surface area contributed by atoms with Crippen molar-refractivity contribution < 1.29 is 38.9 Å². The molecule has 9 nitrogen and oxygen atoms in total. The molecule has 3 rings (SSSR count). The van der Waals surface area contributed by atoms with Gasteiger partial charge < -0.3 is 19.7 Å². The molecule has 0 bridgehead atoms. The van der Waals surface area contributed by atoms with E-state index in [9.17, 15) is 29.4 Å². The highest BCUT2D eigenvalue weighted by Crippen LogP contribution is 2.47. The summed E-state index contributed by atoms with van der Waals surface area (Å²) in [4.78, 5) is 50.3. The van der Waals surface area contributed by atoms with Crippen molar-refractivity contribution in [1.82, 2.24) is 0 Å². The number of imide groups is 1. The number of hydrogen-bond acceptors (Lipinski definition) is 6. The zero-order valence-corrected chi connectivity index (χ0v) is 18.8. The van der Waals surface area contributed by atoms with Gasteiger partial charge in [0.1, 0.15) is 0 Å². The normalized spacial score (nSPS) is 14.2. The first-order valence-corrected chi connectivity index (χ1v) is 10.5. The summed E-state index contributed by atoms with van der Waals surface area (Å²) in [6.07, 6.45) is 1.84. The third kappa shape index (κ3) is 4.78. The van der Waals surface area contributed by atoms with Crippen LogP contribution in [0, 0.1) is 0 Å². The number of aliphatic carboxylic acids is 2. The lowest BCUT2D eigenvalue weighted by molar-refractivity contribution is -0.137. The first-order chi connectivity index (χ1) is 16.2. The lowest BCUT2D eigenvalue weighted by Crippen LogP contribution is -2.43. The molecule has 0 fully saturated rings. The molecule has 2 amide bonds. The molecule has 9 heteroatoms. The summed E-state index contributed by atoms with van der Waals surface area (Å²) in [5.41, 5.74) is -0.00484. The van der Waals surface area contributed by atoms with Crippen LogP contribution in [0.3, 0.4) is 0 Å². The van der Waals surface area contributed by atoms with Crippen molar-refractivity contribution >= 4 is 35.5 Å². The fourth-order valence-corrected chi connectivity index (χ4v) is 4.18. The van der Waals surface area contributed by atoms with Crippen molar-refractivity contribution in [3.05, 3.63) is 59.7 Å². The minimum Gasteiger partial charge on any atom is -0.493 e. The minimum atomic E-state index is -1.42. The Morgan fingerprint density at radius 1 is 0.941 bits per heavy atom. The van der Waals surface area contributed by atoms with Gasteiger partial charge in [-0.25, -0.2) is 4.90 Å². The van der Waals surface area contributed by atoms with Gasteiger partial charge >= 0.3 is 11.9 Å². The van der Waals surface area contributed by atoms with E-state index < -0.39 is 29.2 Å². The molecule has 0 unspecified atom stereocenters. The number of carbonyl (C=O) groups is 4. The molecule has 2 aromatic rings. The van der Waals surface area contributed by atoms with Crippen LogP contribution in [0.25, 0.3) is 6.08 Å². The number of rotatable bonds is 10. The number of carboxylic acid groups (broad SMARTS) is 2. The zero-order chi connectivity index (χ0) is 24.9. The average Bonchev–Trinajstić information content (AvgIpc) is 3.07. The van der Waals surface area contributed by atoms with Gasteiger partial charge in [0, 0.05) is 18.9 Å². The summed E-state index contributed by atoms with van der Waals surface area (Å²) in [7, 11) is 3.00. The highest BCUT2D eigenvalue weighted by atomic mass is 16.5. The van der Waals surface area contributed by atoms with Gasteiger partial charge in [0.05, 0.1) is 25.3 Å². The number of benzene rings is 2. The van der Waals surface area contributed by atoms with E-state index in [2.05, 4.69) is 0 Å². The number of fused-ring (bicyclic) bond motifs is 1. The predicted molar refractivity (Wildman–Crippen MR) is 123 cm³/mol. The minimum absolute atomic E-state index is 0.116. The standard InChI is InChI=1S/C25H25NO8/c1-33-19-9-7-16(15-20(19)34-2)8-10-21(27)26-18-6-4-3-5-17(18)25(24(26)32,13-11-22(28)29)14-12-23(30)31/h3-10,15H,11-14H2,1-2H3,(H,28,29)(H,30,31). The molecule has 2 aromatic carbocycles. The molecule has 0 saturated heterocycles. The molecule has 1 aliphatic rings. The topological polar surface area (TPSA) is 130 Å². The Kier molecular flexibility index (Phi) is 7.35. The van der Waals surface area contributed by atoms with E-state index in [0.717, 1.165) is 4.90 Å². The Morgan fingerprint density at radius 2 is 1.56 bits per heavy atom. The molecular weight excluding hydrogens is 442 g/mol. The molecule has 0 spiro atoms. The van der Waals surface area contributed by atoms with Crippen LogP contribution in [0.2, 0.25) is 0 Å². The van der Waals surface area contributed by atoms with Gasteiger partial charge in [-0.1, -0.05) is 24.3 Å². The summed E-state index contributed by atoms with van der Waals surface area (Å²) in [6.45, 7) is 0. The second kappa shape index (κ2) is 10.2. The van der Waals surface area contributed by atoms with E-state index >= 15 is 0 Å². The van der Waals surface area contributed by atoms with Crippen molar-refractivity contribution in [3.63, 3.8) is 0 Å². The average molecular weight is 467 g/mol. The Bertz CT molecular complexity index is 1140. The summed E-state index contributed by atoms with van der Waals surface area (Å²) in [5.74, 6) is -2.48. The van der Waals surface area contributed by atoms with E-state index in [-0.39, 0.29) is 25.7 Å². The Labute approximate surface area is 196 Å². The van der Waals surface area contributed by atoms with Crippen molar-refractivity contribution in [1.29, 1.82) is 0 Å². The second-order valence-electron chi connectivity index (χ2n) is 7.81. The summed E-state index contributed by atoms with van der Waals surface area (Å²) < 4.78 is 10.5. The van der Waals surface area contributed by atoms with Crippen LogP contribution >= 0.6 is 0 Å². The van der Waals surface area contributed by atoms with Crippen molar-refractivity contribution in [2.45, 2.75) is 31.1 Å². The maximum Gasteiger partial charge on any atom is 0.303 e. The molecular formula is C25H25NO8. The number of amides is 2. The van der Waals surface area contributed by atoms with Crippen LogP contribution in [-0.4, -0.2) is 48.2 Å². The maximum absolute atomic E-state index is 13.6. The summed E-state index contributed by atoms with van der Waals surface area (Å²) in [5, 5.41) is 18.5. The Morgan fingerprint density at radius 3 is 2.15 bits per heavy atom. The molecule has 0 aromatic heterocycles. The SMILES string of the molecule is COc1ccc(C=CC(=O)N2C(=O)C(CCC(=O)O)(CCC(=O)O)c3ccccc32)cc1OC. The number of carbonyl (C=O) groups excluding carboxylic acids is 2. The number of anilines is 1. The van der Waals surface area contributed by atoms with E-state index in [0.29, 0.717) is 28.3 Å². The third-order valence-corrected chi connectivity index (χ3v) is 5.85. The molecule has 0 radical (unpaired) electrons. The molecule has 2 N–H and O–H groups in total. The highest BCUT2D eigenvalue weighted by Gasteiger charge is 2.52. The van der Waals surface area contributed by atoms with E-state index in [1.807, 2.05) is 0 Å². The van der Waals surface area contributed by atoms with Gasteiger partial charge in [-0.15, -0.1) is 0 Å². The largest absolute Gasteiger partial charge is 0.493 e. The summed E-state index contributed by atoms with van der Waals surface area (Å²) >= 11 is 0. The van der Waals surface area contributed by atoms with Gasteiger partial charge in [0.25, 0.3) is 5.91 Å². The number of methoxy groups -OCH3 is 2. The quantitative estimate of drug-likeness (QED) is 0.509. The monoisotopic (exact) mass is 467 g/mol. The number of ether oxygens (including phenoxy) is 2. The van der Waals surface area contributed by atoms with Crippen LogP contribution in [0.5, 0.6) is 11.5 Å². The van der Waals surface area contributed by atoms with Crippen molar-refractivity contribution in [2.24, 2.45) is 0 Å². The van der Waals surface area contributed by atoms with Crippen LogP contribution in [0.4, 0.5) is 5.69 Å². The Balaban J connectivity index is 1.97. The van der Waals surface area contributed by atoms with Gasteiger partial charge in [-0.2, -0.15) is 0 Å². The molecule has 1 aliphatic heterocycles. The van der Waals surface area contributed by atoms with Gasteiger partial charge in [0.2, 0.25) is 5.91 Å². The third-order valence-electron chi connectivity index (χ3n) is 5.85. The fraction of sp³-hybridized carbons (Fsp3) is 0.280. The lowest BCUT2D eigenvalue weighted by atomic mass is 9.74. The molecule has 0 aliphatic carbocycles. The Hall–Kier alpha value is -4.14. The number of para-hydroxylation sites is 1. The number of hydrogen-bond donors (Lipinski definition) is 2. The van der Waals surface area contributed by atoms with Crippen molar-refractivity contribution in [3.8, 4) is 11.5 Å². The molecule has 34 heavy (non-hydrogen) atoms. The second-order valence-corrected chi connectivity index (χ2v) is 7.81. The zero-order valence-electron chi connectivity index (χ0n) is 18.8. The van der Waals surface area contributed by atoms with Crippen LogP contribution in [-0.2, 0) is 24.6 Å². The fourth-order valence-electron chi connectivity index (χ4n) is 4.18. The van der Waals surface area contributed by atoms with Gasteiger partial charge in [0.15, 0.2) is 11.5 Å². The molecule has 1 heterocycles. The van der Waals surface area contributed by atoms with Gasteiger partial charge in [-0.05, 0) is 48.2 Å². The van der Waals surface area contributed by atoms with E-state index in [1.165, 1.54) is 26.4 Å². The predicted octanol–water partition coefficient (Wildman–Crippen LogP) is 3.26. The van der Waals surface area contributed by atoms with Gasteiger partial charge in [-0.3, -0.25) is 19.2 Å². The first kappa shape index (κ1) is 24.5. The highest BCUT2D eigenvalue weighted by molar-refractivity contribution is 6.26. The summed E-state index contributed by atoms with van der Waals surface area (Å²) in [6, 6.07) is 11.6. The molecule has 178 valence electrons. The lowest BCUT2D eigenvalue weighted by Gasteiger charge is -2.27. The number of carboxylic acids is 2. The van der Waals surface area contributed by atoms with Crippen LogP contribution in [0.15, 0.2) is 48.5 Å². The van der Waals surface area contributed by atoms with Crippen molar-refractivity contribution in [2.75, 3.05) is 19.1 Å². The molecule has 0 saturated carbocycles. The van der Waals surface area contributed by atoms with E-state index in [4.69, 9.17) is 9.47 Å². The smallest absolute Gasteiger partial charge is 0.303 e. The molecule has 0 atom stereocenters. The van der Waals surface area contributed by atoms with Crippen LogP contribution in [0.1, 0.15) is 36.8 Å². The van der Waals surface area contributed by atoms with E-state index in [1.54, 1.807) is 42.5 Å². The number of nitrogens with zero attached hydrogens (tertiary/aromatic N) is 1. The first-order valence-electron chi connectivity index (χ1n) is 10.5. The maximum atomic E-state index is 13.6.